The molecule has 0 aliphatic rings. The predicted molar refractivity (Wildman–Crippen MR) is 112 cm³/mol. The smallest absolute Gasteiger partial charge is 0.255 e. The summed E-state index contributed by atoms with van der Waals surface area (Å²) in [6.45, 7) is 6.88. The summed E-state index contributed by atoms with van der Waals surface area (Å²) in [6.07, 6.45) is 0. The molecule has 144 valence electrons. The van der Waals surface area contributed by atoms with E-state index in [0.717, 1.165) is 28.3 Å². The van der Waals surface area contributed by atoms with Gasteiger partial charge in [-0.25, -0.2) is 0 Å². The number of rotatable bonds is 7. The summed E-state index contributed by atoms with van der Waals surface area (Å²) in [5.41, 5.74) is 4.51. The van der Waals surface area contributed by atoms with Gasteiger partial charge in [-0.3, -0.25) is 4.79 Å². The van der Waals surface area contributed by atoms with Crippen molar-refractivity contribution in [2.24, 2.45) is 0 Å². The van der Waals surface area contributed by atoms with Crippen LogP contribution in [-0.4, -0.2) is 12.5 Å². The lowest BCUT2D eigenvalue weighted by molar-refractivity contribution is 0.102. The van der Waals surface area contributed by atoms with Gasteiger partial charge in [0.15, 0.2) is 0 Å². The van der Waals surface area contributed by atoms with Gasteiger partial charge in [0.25, 0.3) is 5.91 Å². The van der Waals surface area contributed by atoms with Crippen LogP contribution in [0.3, 0.4) is 0 Å². The number of ether oxygens (including phenoxy) is 2. The third-order valence-corrected chi connectivity index (χ3v) is 4.52. The van der Waals surface area contributed by atoms with Gasteiger partial charge in [-0.2, -0.15) is 0 Å². The average Bonchev–Trinajstić information content (AvgIpc) is 2.71. The van der Waals surface area contributed by atoms with Crippen LogP contribution in [-0.2, 0) is 6.61 Å². The van der Waals surface area contributed by atoms with Crippen molar-refractivity contribution in [3.05, 3.63) is 89.0 Å². The van der Waals surface area contributed by atoms with Gasteiger partial charge >= 0.3 is 0 Å². The summed E-state index contributed by atoms with van der Waals surface area (Å²) in [5.74, 6) is 1.34. The Labute approximate surface area is 166 Å². The predicted octanol–water partition coefficient (Wildman–Crippen LogP) is 5.53. The van der Waals surface area contributed by atoms with Crippen molar-refractivity contribution in [1.29, 1.82) is 0 Å². The van der Waals surface area contributed by atoms with E-state index in [-0.39, 0.29) is 5.91 Å². The molecule has 1 N–H and O–H groups in total. The number of para-hydroxylation sites is 1. The standard InChI is InChI=1S/C24H25NO3/c1-4-27-23-13-11-19(15-20(23)16-28-22-8-6-5-7-9-22)24(26)25-21-12-10-17(2)18(3)14-21/h5-15H,4,16H2,1-3H3,(H,25,26). The van der Waals surface area contributed by atoms with Crippen molar-refractivity contribution in [3.8, 4) is 11.5 Å². The number of anilines is 1. The topological polar surface area (TPSA) is 47.6 Å². The van der Waals surface area contributed by atoms with Crippen LogP contribution in [0.15, 0.2) is 66.7 Å². The molecule has 0 heterocycles. The largest absolute Gasteiger partial charge is 0.493 e. The summed E-state index contributed by atoms with van der Waals surface area (Å²) in [7, 11) is 0. The number of nitrogens with one attached hydrogen (secondary N) is 1. The fourth-order valence-electron chi connectivity index (χ4n) is 2.83. The third-order valence-electron chi connectivity index (χ3n) is 4.52. The molecule has 1 amide bonds. The molecule has 0 fully saturated rings. The Morgan fingerprint density at radius 1 is 0.893 bits per heavy atom. The Kier molecular flexibility index (Phi) is 6.33. The highest BCUT2D eigenvalue weighted by Gasteiger charge is 2.12. The first-order valence-electron chi connectivity index (χ1n) is 9.39. The van der Waals surface area contributed by atoms with Crippen molar-refractivity contribution < 1.29 is 14.3 Å². The normalized spacial score (nSPS) is 10.4. The Morgan fingerprint density at radius 2 is 1.68 bits per heavy atom. The Balaban J connectivity index is 1.78. The van der Waals surface area contributed by atoms with Crippen molar-refractivity contribution in [2.45, 2.75) is 27.4 Å². The van der Waals surface area contributed by atoms with E-state index >= 15 is 0 Å². The van der Waals surface area contributed by atoms with Crippen LogP contribution < -0.4 is 14.8 Å². The van der Waals surface area contributed by atoms with E-state index in [0.29, 0.717) is 18.8 Å². The molecular weight excluding hydrogens is 350 g/mol. The van der Waals surface area contributed by atoms with Gasteiger partial charge in [-0.1, -0.05) is 24.3 Å². The Morgan fingerprint density at radius 3 is 2.39 bits per heavy atom. The number of hydrogen-bond acceptors (Lipinski definition) is 3. The zero-order chi connectivity index (χ0) is 19.9. The van der Waals surface area contributed by atoms with Gasteiger partial charge in [0.05, 0.1) is 6.61 Å². The van der Waals surface area contributed by atoms with E-state index in [1.807, 2.05) is 81.4 Å². The van der Waals surface area contributed by atoms with Crippen molar-refractivity contribution in [1.82, 2.24) is 0 Å². The van der Waals surface area contributed by atoms with Crippen LogP contribution in [0.1, 0.15) is 34.0 Å². The highest BCUT2D eigenvalue weighted by Crippen LogP contribution is 2.24. The van der Waals surface area contributed by atoms with Gasteiger partial charge in [-0.15, -0.1) is 0 Å². The Bertz CT molecular complexity index is 951. The molecule has 0 atom stereocenters. The minimum Gasteiger partial charge on any atom is -0.493 e. The molecule has 4 heteroatoms. The molecule has 0 aliphatic carbocycles. The SMILES string of the molecule is CCOc1ccc(C(=O)Nc2ccc(C)c(C)c2)cc1COc1ccccc1. The van der Waals surface area contributed by atoms with E-state index in [1.165, 1.54) is 5.56 Å². The van der Waals surface area contributed by atoms with Crippen molar-refractivity contribution >= 4 is 11.6 Å². The average molecular weight is 375 g/mol. The van der Waals surface area contributed by atoms with Gasteiger partial charge in [0.2, 0.25) is 0 Å². The molecule has 0 radical (unpaired) electrons. The summed E-state index contributed by atoms with van der Waals surface area (Å²) in [6, 6.07) is 20.9. The van der Waals surface area contributed by atoms with Crippen LogP contribution in [0, 0.1) is 13.8 Å². The van der Waals surface area contributed by atoms with Crippen LogP contribution in [0.5, 0.6) is 11.5 Å². The molecule has 0 unspecified atom stereocenters. The highest BCUT2D eigenvalue weighted by molar-refractivity contribution is 6.04. The van der Waals surface area contributed by atoms with Gasteiger partial charge in [0.1, 0.15) is 18.1 Å². The number of aryl methyl sites for hydroxylation is 2. The van der Waals surface area contributed by atoms with E-state index in [4.69, 9.17) is 9.47 Å². The van der Waals surface area contributed by atoms with E-state index in [2.05, 4.69) is 5.32 Å². The molecule has 0 bridgehead atoms. The number of carbonyl (C=O) groups is 1. The first-order chi connectivity index (χ1) is 13.6. The molecule has 0 saturated carbocycles. The summed E-state index contributed by atoms with van der Waals surface area (Å²) >= 11 is 0. The van der Waals surface area contributed by atoms with E-state index in [9.17, 15) is 4.79 Å². The van der Waals surface area contributed by atoms with Crippen LogP contribution in [0.2, 0.25) is 0 Å². The van der Waals surface area contributed by atoms with Crippen LogP contribution in [0.25, 0.3) is 0 Å². The maximum Gasteiger partial charge on any atom is 0.255 e. The summed E-state index contributed by atoms with van der Waals surface area (Å²) in [4.78, 5) is 12.7. The van der Waals surface area contributed by atoms with Gasteiger partial charge in [-0.05, 0) is 74.4 Å². The lowest BCUT2D eigenvalue weighted by Gasteiger charge is -2.14. The van der Waals surface area contributed by atoms with Crippen LogP contribution >= 0.6 is 0 Å². The van der Waals surface area contributed by atoms with Crippen molar-refractivity contribution in [3.63, 3.8) is 0 Å². The van der Waals surface area contributed by atoms with Gasteiger partial charge in [0, 0.05) is 16.8 Å². The maximum absolute atomic E-state index is 12.7. The number of carbonyl (C=O) groups excluding carboxylic acids is 1. The first-order valence-corrected chi connectivity index (χ1v) is 9.39. The second kappa shape index (κ2) is 9.09. The molecule has 3 rings (SSSR count). The molecule has 28 heavy (non-hydrogen) atoms. The molecule has 0 aromatic heterocycles. The molecule has 0 saturated heterocycles. The summed E-state index contributed by atoms with van der Waals surface area (Å²) < 4.78 is 11.5. The van der Waals surface area contributed by atoms with E-state index in [1.54, 1.807) is 6.07 Å². The molecule has 4 nitrogen and oxygen atoms in total. The molecule has 0 spiro atoms. The second-order valence-electron chi connectivity index (χ2n) is 6.61. The highest BCUT2D eigenvalue weighted by atomic mass is 16.5. The zero-order valence-corrected chi connectivity index (χ0v) is 16.5. The van der Waals surface area contributed by atoms with Gasteiger partial charge < -0.3 is 14.8 Å². The number of benzene rings is 3. The molecular formula is C24H25NO3. The van der Waals surface area contributed by atoms with Crippen LogP contribution in [0.4, 0.5) is 5.69 Å². The quantitative estimate of drug-likeness (QED) is 0.590. The Hall–Kier alpha value is -3.27. The zero-order valence-electron chi connectivity index (χ0n) is 16.5. The van der Waals surface area contributed by atoms with E-state index < -0.39 is 0 Å². The maximum atomic E-state index is 12.7. The molecule has 3 aromatic carbocycles. The van der Waals surface area contributed by atoms with Crippen molar-refractivity contribution in [2.75, 3.05) is 11.9 Å². The fourth-order valence-corrected chi connectivity index (χ4v) is 2.83. The monoisotopic (exact) mass is 375 g/mol. The lowest BCUT2D eigenvalue weighted by Crippen LogP contribution is -2.13. The minimum absolute atomic E-state index is 0.160. The lowest BCUT2D eigenvalue weighted by atomic mass is 10.1. The molecule has 0 aliphatic heterocycles. The number of hydrogen-bond donors (Lipinski definition) is 1. The molecule has 3 aromatic rings. The first kappa shape index (κ1) is 19.5. The number of amides is 1. The third kappa shape index (κ3) is 4.92. The minimum atomic E-state index is -0.160. The second-order valence-corrected chi connectivity index (χ2v) is 6.61. The summed E-state index contributed by atoms with van der Waals surface area (Å²) in [5, 5.41) is 2.96. The fraction of sp³-hybridized carbons (Fsp3) is 0.208.